The molecule has 0 fully saturated rings. The molecular formula is C6H15B2F8N3. The maximum Gasteiger partial charge on any atom is 0.673 e. The van der Waals surface area contributed by atoms with Crippen molar-refractivity contribution < 1.29 is 39.1 Å². The van der Waals surface area contributed by atoms with Crippen molar-refractivity contribution >= 4 is 14.5 Å². The molecule has 0 aromatic carbocycles. The Hall–Kier alpha value is -1.26. The zero-order valence-electron chi connectivity index (χ0n) is 10.5. The van der Waals surface area contributed by atoms with Crippen molar-refractivity contribution in [1.29, 1.82) is 0 Å². The van der Waals surface area contributed by atoms with Gasteiger partial charge in [0, 0.05) is 0 Å². The first-order chi connectivity index (χ1) is 7.83. The number of rotatable bonds is 1. The normalized spacial score (nSPS) is 10.4. The number of quaternary nitrogens is 1. The summed E-state index contributed by atoms with van der Waals surface area (Å²) in [5.41, 5.74) is 0. The Kier molecular flexibility index (Phi) is 11.6. The molecule has 0 atom stereocenters. The lowest BCUT2D eigenvalue weighted by molar-refractivity contribution is -0.671. The van der Waals surface area contributed by atoms with Gasteiger partial charge in [-0.25, -0.2) is 9.13 Å². The van der Waals surface area contributed by atoms with E-state index < -0.39 is 14.5 Å². The standard InChI is InChI=1S/C6H11N2.2BF4.H3N/c1-3-8-5-4-7(2)6-8;2*2-1(3,4)5;/h4-6H,3H2,1-2H3;;;1H3/q+1;2*-1;/p+1. The highest BCUT2D eigenvalue weighted by Gasteiger charge is 2.21. The molecule has 0 saturated heterocycles. The average Bonchev–Trinajstić information content (AvgIpc) is 2.44. The highest BCUT2D eigenvalue weighted by molar-refractivity contribution is 6.50. The molecule has 0 amide bonds. The minimum Gasteiger partial charge on any atom is -0.418 e. The predicted octanol–water partition coefficient (Wildman–Crippen LogP) is 3.31. The van der Waals surface area contributed by atoms with E-state index in [-0.39, 0.29) is 6.15 Å². The average molecular weight is 303 g/mol. The van der Waals surface area contributed by atoms with E-state index in [1.165, 1.54) is 0 Å². The van der Waals surface area contributed by atoms with Crippen LogP contribution >= 0.6 is 0 Å². The van der Waals surface area contributed by atoms with Crippen LogP contribution in [0.25, 0.3) is 0 Å². The molecule has 0 unspecified atom stereocenters. The summed E-state index contributed by atoms with van der Waals surface area (Å²) in [7, 11) is -9.98. The van der Waals surface area contributed by atoms with E-state index >= 15 is 0 Å². The Labute approximate surface area is 105 Å². The summed E-state index contributed by atoms with van der Waals surface area (Å²) in [6.45, 7) is 3.18. The van der Waals surface area contributed by atoms with Crippen LogP contribution in [0.15, 0.2) is 18.7 Å². The molecule has 19 heavy (non-hydrogen) atoms. The second-order valence-electron chi connectivity index (χ2n) is 2.90. The highest BCUT2D eigenvalue weighted by atomic mass is 19.5. The second kappa shape index (κ2) is 9.64. The molecule has 0 aliphatic rings. The van der Waals surface area contributed by atoms with Crippen LogP contribution in [-0.2, 0) is 13.6 Å². The number of hydrogen-bond donors (Lipinski definition) is 1. The van der Waals surface area contributed by atoms with Crippen LogP contribution in [0.4, 0.5) is 34.5 Å². The number of halogens is 8. The van der Waals surface area contributed by atoms with Gasteiger partial charge in [-0.3, -0.25) is 0 Å². The van der Waals surface area contributed by atoms with E-state index in [1.54, 1.807) is 0 Å². The number of nitrogens with zero attached hydrogens (tertiary/aromatic N) is 2. The van der Waals surface area contributed by atoms with E-state index in [0.717, 1.165) is 6.54 Å². The maximum absolute atomic E-state index is 9.75. The molecule has 0 radical (unpaired) electrons. The first-order valence-corrected chi connectivity index (χ1v) is 4.58. The third-order valence-corrected chi connectivity index (χ3v) is 1.19. The lowest BCUT2D eigenvalue weighted by Gasteiger charge is -1.94. The molecule has 0 bridgehead atoms. The molecule has 0 saturated carbocycles. The molecule has 1 heterocycles. The number of imidazole rings is 1. The number of aromatic nitrogens is 2. The molecule has 1 aromatic heterocycles. The molecule has 3 nitrogen and oxygen atoms in total. The fraction of sp³-hybridized carbons (Fsp3) is 0.500. The van der Waals surface area contributed by atoms with Crippen LogP contribution in [0.1, 0.15) is 6.92 Å². The Morgan fingerprint density at radius 1 is 0.947 bits per heavy atom. The fourth-order valence-electron chi connectivity index (χ4n) is 0.689. The van der Waals surface area contributed by atoms with Gasteiger partial charge < -0.3 is 40.7 Å². The van der Waals surface area contributed by atoms with Crippen molar-refractivity contribution in [3.05, 3.63) is 18.7 Å². The lowest BCUT2D eigenvalue weighted by Crippen LogP contribution is -2.23. The van der Waals surface area contributed by atoms with E-state index in [2.05, 4.69) is 24.0 Å². The SMILES string of the molecule is CCn1cc[n+](C)c1.F[B-](F)(F)F.F[B-](F)(F)F.[NH4+]. The van der Waals surface area contributed by atoms with Gasteiger partial charge in [-0.1, -0.05) is 0 Å². The number of hydrogen-bond acceptors (Lipinski definition) is 0. The fourth-order valence-corrected chi connectivity index (χ4v) is 0.689. The third-order valence-electron chi connectivity index (χ3n) is 1.19. The zero-order valence-corrected chi connectivity index (χ0v) is 10.5. The first kappa shape index (κ1) is 22.9. The molecule has 1 aromatic rings. The van der Waals surface area contributed by atoms with Gasteiger partial charge in [-0.15, -0.1) is 0 Å². The molecule has 0 aliphatic carbocycles. The number of aryl methyl sites for hydroxylation is 2. The van der Waals surface area contributed by atoms with E-state index in [1.807, 2.05) is 17.8 Å². The third kappa shape index (κ3) is 38.3. The smallest absolute Gasteiger partial charge is 0.418 e. The Bertz CT molecular complexity index is 299. The van der Waals surface area contributed by atoms with Crippen molar-refractivity contribution in [3.8, 4) is 0 Å². The van der Waals surface area contributed by atoms with Crippen LogP contribution in [0, 0.1) is 0 Å². The Morgan fingerprint density at radius 2 is 1.26 bits per heavy atom. The summed E-state index contributed by atoms with van der Waals surface area (Å²) in [6, 6.07) is 0. The molecule has 1 rings (SSSR count). The second-order valence-corrected chi connectivity index (χ2v) is 2.90. The predicted molar refractivity (Wildman–Crippen MR) is 57.6 cm³/mol. The van der Waals surface area contributed by atoms with Crippen molar-refractivity contribution in [2.75, 3.05) is 0 Å². The van der Waals surface area contributed by atoms with Gasteiger partial charge in [0.1, 0.15) is 12.4 Å². The molecule has 0 aliphatic heterocycles. The molecular weight excluding hydrogens is 288 g/mol. The Morgan fingerprint density at radius 3 is 1.37 bits per heavy atom. The van der Waals surface area contributed by atoms with Crippen LogP contribution < -0.4 is 10.7 Å². The summed E-state index contributed by atoms with van der Waals surface area (Å²) in [5.74, 6) is 0. The summed E-state index contributed by atoms with van der Waals surface area (Å²) in [6.07, 6.45) is 6.14. The van der Waals surface area contributed by atoms with Crippen molar-refractivity contribution in [3.63, 3.8) is 0 Å². The summed E-state index contributed by atoms with van der Waals surface area (Å²) in [4.78, 5) is 0. The molecule has 0 spiro atoms. The minimum absolute atomic E-state index is 0. The molecule has 4 N–H and O–H groups in total. The topological polar surface area (TPSA) is 45.3 Å². The van der Waals surface area contributed by atoms with Gasteiger partial charge in [0.25, 0.3) is 0 Å². The van der Waals surface area contributed by atoms with Crippen LogP contribution in [0.5, 0.6) is 0 Å². The zero-order chi connectivity index (χ0) is 15.0. The van der Waals surface area contributed by atoms with Crippen LogP contribution in [-0.4, -0.2) is 19.1 Å². The van der Waals surface area contributed by atoms with Gasteiger partial charge >= 0.3 is 14.5 Å². The summed E-state index contributed by atoms with van der Waals surface area (Å²) in [5, 5.41) is 0. The largest absolute Gasteiger partial charge is 0.673 e. The van der Waals surface area contributed by atoms with E-state index in [0.29, 0.717) is 0 Å². The van der Waals surface area contributed by atoms with Gasteiger partial charge in [-0.05, 0) is 6.92 Å². The van der Waals surface area contributed by atoms with Gasteiger partial charge in [0.05, 0.1) is 13.6 Å². The van der Waals surface area contributed by atoms with Crippen molar-refractivity contribution in [2.24, 2.45) is 7.05 Å². The van der Waals surface area contributed by atoms with E-state index in [9.17, 15) is 34.5 Å². The van der Waals surface area contributed by atoms with Crippen molar-refractivity contribution in [1.82, 2.24) is 10.7 Å². The maximum atomic E-state index is 9.75. The van der Waals surface area contributed by atoms with Crippen LogP contribution in [0.2, 0.25) is 0 Å². The van der Waals surface area contributed by atoms with Crippen LogP contribution in [0.3, 0.4) is 0 Å². The minimum atomic E-state index is -6.00. The molecule has 116 valence electrons. The Balaban J connectivity index is -0.000000208. The van der Waals surface area contributed by atoms with Gasteiger partial charge in [0.15, 0.2) is 0 Å². The monoisotopic (exact) mass is 303 g/mol. The lowest BCUT2D eigenvalue weighted by atomic mass is 10.3. The van der Waals surface area contributed by atoms with Crippen molar-refractivity contribution in [2.45, 2.75) is 13.5 Å². The highest BCUT2D eigenvalue weighted by Crippen LogP contribution is 2.07. The van der Waals surface area contributed by atoms with E-state index in [4.69, 9.17) is 0 Å². The summed E-state index contributed by atoms with van der Waals surface area (Å²) >= 11 is 0. The molecule has 13 heteroatoms. The van der Waals surface area contributed by atoms with Gasteiger partial charge in [-0.2, -0.15) is 0 Å². The van der Waals surface area contributed by atoms with Gasteiger partial charge in [0.2, 0.25) is 6.33 Å². The first-order valence-electron chi connectivity index (χ1n) is 4.58. The quantitative estimate of drug-likeness (QED) is 0.470. The summed E-state index contributed by atoms with van der Waals surface area (Å²) < 4.78 is 82.2.